The van der Waals surface area contributed by atoms with Gasteiger partial charge in [-0.1, -0.05) is 30.3 Å². The Morgan fingerprint density at radius 3 is 2.56 bits per heavy atom. The average Bonchev–Trinajstić information content (AvgIpc) is 2.64. The van der Waals surface area contributed by atoms with Crippen LogP contribution in [0.2, 0.25) is 0 Å². The van der Waals surface area contributed by atoms with Crippen molar-refractivity contribution in [3.8, 4) is 11.5 Å². The van der Waals surface area contributed by atoms with Crippen LogP contribution in [0.15, 0.2) is 46.9 Å². The standard InChI is InChI=1S/C20H26BrNO3/c1-24-19-13-17(14-22-10-6-3-7-11-23)12-18(21)20(19)25-15-16-8-4-2-5-9-16/h2,4-5,8-9,12-13,22-23H,3,6-7,10-11,14-15H2,1H3. The molecule has 2 rings (SSSR count). The van der Waals surface area contributed by atoms with Crippen molar-refractivity contribution in [1.82, 2.24) is 5.32 Å². The van der Waals surface area contributed by atoms with E-state index in [0.717, 1.165) is 59.5 Å². The Kier molecular flexibility index (Phi) is 8.80. The fourth-order valence-electron chi connectivity index (χ4n) is 2.52. The molecule has 5 heteroatoms. The molecule has 0 unspecified atom stereocenters. The number of ether oxygens (including phenoxy) is 2. The molecule has 0 heterocycles. The Bertz CT molecular complexity index is 634. The van der Waals surface area contributed by atoms with Gasteiger partial charge in [-0.05, 0) is 65.0 Å². The number of halogens is 1. The van der Waals surface area contributed by atoms with Gasteiger partial charge < -0.3 is 19.9 Å². The van der Waals surface area contributed by atoms with Gasteiger partial charge in [-0.2, -0.15) is 0 Å². The van der Waals surface area contributed by atoms with Crippen LogP contribution in [0.1, 0.15) is 30.4 Å². The van der Waals surface area contributed by atoms with Crippen molar-refractivity contribution in [1.29, 1.82) is 0 Å². The van der Waals surface area contributed by atoms with Gasteiger partial charge in [-0.25, -0.2) is 0 Å². The lowest BCUT2D eigenvalue weighted by molar-refractivity contribution is 0.282. The number of hydrogen-bond donors (Lipinski definition) is 2. The van der Waals surface area contributed by atoms with E-state index in [2.05, 4.69) is 27.3 Å². The maximum absolute atomic E-state index is 8.78. The molecule has 2 aromatic rings. The Balaban J connectivity index is 1.92. The Morgan fingerprint density at radius 1 is 1.04 bits per heavy atom. The van der Waals surface area contributed by atoms with E-state index in [4.69, 9.17) is 14.6 Å². The zero-order valence-electron chi connectivity index (χ0n) is 14.6. The van der Waals surface area contributed by atoms with E-state index in [1.165, 1.54) is 0 Å². The van der Waals surface area contributed by atoms with Crippen LogP contribution >= 0.6 is 15.9 Å². The molecular formula is C20H26BrNO3. The quantitative estimate of drug-likeness (QED) is 0.545. The molecule has 0 aromatic heterocycles. The fraction of sp³-hybridized carbons (Fsp3) is 0.400. The summed E-state index contributed by atoms with van der Waals surface area (Å²) in [7, 11) is 1.66. The number of nitrogens with one attached hydrogen (secondary N) is 1. The summed E-state index contributed by atoms with van der Waals surface area (Å²) < 4.78 is 12.3. The summed E-state index contributed by atoms with van der Waals surface area (Å²) in [6, 6.07) is 14.1. The van der Waals surface area contributed by atoms with Crippen molar-refractivity contribution in [2.45, 2.75) is 32.4 Å². The minimum Gasteiger partial charge on any atom is -0.493 e. The number of methoxy groups -OCH3 is 1. The van der Waals surface area contributed by atoms with Crippen molar-refractivity contribution in [2.24, 2.45) is 0 Å². The van der Waals surface area contributed by atoms with Crippen molar-refractivity contribution < 1.29 is 14.6 Å². The first-order valence-corrected chi connectivity index (χ1v) is 9.38. The first-order valence-electron chi connectivity index (χ1n) is 8.59. The van der Waals surface area contributed by atoms with Gasteiger partial charge in [0.2, 0.25) is 0 Å². The lowest BCUT2D eigenvalue weighted by Crippen LogP contribution is -2.15. The second-order valence-electron chi connectivity index (χ2n) is 5.84. The zero-order chi connectivity index (χ0) is 17.9. The van der Waals surface area contributed by atoms with Crippen molar-refractivity contribution in [3.05, 3.63) is 58.1 Å². The number of unbranched alkanes of at least 4 members (excludes halogenated alkanes) is 2. The molecule has 136 valence electrons. The van der Waals surface area contributed by atoms with Gasteiger partial charge in [0.05, 0.1) is 11.6 Å². The molecule has 4 nitrogen and oxygen atoms in total. The average molecular weight is 408 g/mol. The maximum Gasteiger partial charge on any atom is 0.175 e. The third-order valence-electron chi connectivity index (χ3n) is 3.86. The van der Waals surface area contributed by atoms with Gasteiger partial charge in [-0.3, -0.25) is 0 Å². The van der Waals surface area contributed by atoms with Gasteiger partial charge in [0, 0.05) is 13.2 Å². The number of hydrogen-bond acceptors (Lipinski definition) is 4. The van der Waals surface area contributed by atoms with E-state index < -0.39 is 0 Å². The number of aliphatic hydroxyl groups excluding tert-OH is 1. The molecule has 0 saturated carbocycles. The smallest absolute Gasteiger partial charge is 0.175 e. The fourth-order valence-corrected chi connectivity index (χ4v) is 3.12. The van der Waals surface area contributed by atoms with E-state index in [1.54, 1.807) is 7.11 Å². The van der Waals surface area contributed by atoms with Gasteiger partial charge >= 0.3 is 0 Å². The van der Waals surface area contributed by atoms with Crippen LogP contribution in [0.5, 0.6) is 11.5 Å². The molecular weight excluding hydrogens is 382 g/mol. The topological polar surface area (TPSA) is 50.7 Å². The molecule has 0 saturated heterocycles. The molecule has 0 aliphatic heterocycles. The van der Waals surface area contributed by atoms with Gasteiger partial charge in [0.25, 0.3) is 0 Å². The minimum absolute atomic E-state index is 0.272. The first-order chi connectivity index (χ1) is 12.2. The highest BCUT2D eigenvalue weighted by Crippen LogP contribution is 2.37. The lowest BCUT2D eigenvalue weighted by atomic mass is 10.2. The number of benzene rings is 2. The van der Waals surface area contributed by atoms with E-state index in [-0.39, 0.29) is 6.61 Å². The van der Waals surface area contributed by atoms with Crippen LogP contribution in [-0.2, 0) is 13.2 Å². The molecule has 2 N–H and O–H groups in total. The Morgan fingerprint density at radius 2 is 1.84 bits per heavy atom. The largest absolute Gasteiger partial charge is 0.493 e. The molecule has 0 atom stereocenters. The van der Waals surface area contributed by atoms with Crippen molar-refractivity contribution >= 4 is 15.9 Å². The predicted molar refractivity (Wildman–Crippen MR) is 104 cm³/mol. The van der Waals surface area contributed by atoms with E-state index in [0.29, 0.717) is 6.61 Å². The monoisotopic (exact) mass is 407 g/mol. The molecule has 2 aromatic carbocycles. The van der Waals surface area contributed by atoms with Crippen molar-refractivity contribution in [3.63, 3.8) is 0 Å². The normalized spacial score (nSPS) is 10.7. The maximum atomic E-state index is 8.78. The molecule has 0 bridgehead atoms. The number of aliphatic hydroxyl groups is 1. The molecule has 0 spiro atoms. The van der Waals surface area contributed by atoms with E-state index in [9.17, 15) is 0 Å². The molecule has 0 aliphatic rings. The van der Waals surface area contributed by atoms with E-state index in [1.807, 2.05) is 36.4 Å². The highest BCUT2D eigenvalue weighted by atomic mass is 79.9. The summed E-state index contributed by atoms with van der Waals surface area (Å²) >= 11 is 3.59. The summed E-state index contributed by atoms with van der Waals surface area (Å²) in [5, 5.41) is 12.2. The number of rotatable bonds is 11. The van der Waals surface area contributed by atoms with Crippen LogP contribution in [0.4, 0.5) is 0 Å². The lowest BCUT2D eigenvalue weighted by Gasteiger charge is -2.15. The summed E-state index contributed by atoms with van der Waals surface area (Å²) in [5.41, 5.74) is 2.25. The Hall–Kier alpha value is -1.56. The Labute approximate surface area is 158 Å². The molecule has 25 heavy (non-hydrogen) atoms. The van der Waals surface area contributed by atoms with Crippen LogP contribution in [0.25, 0.3) is 0 Å². The third-order valence-corrected chi connectivity index (χ3v) is 4.45. The van der Waals surface area contributed by atoms with Gasteiger partial charge in [0.15, 0.2) is 11.5 Å². The SMILES string of the molecule is COc1cc(CNCCCCCO)cc(Br)c1OCc1ccccc1. The highest BCUT2D eigenvalue weighted by Gasteiger charge is 2.12. The van der Waals surface area contributed by atoms with Crippen molar-refractivity contribution in [2.75, 3.05) is 20.3 Å². The van der Waals surface area contributed by atoms with Crippen LogP contribution in [0, 0.1) is 0 Å². The van der Waals surface area contributed by atoms with Gasteiger partial charge in [0.1, 0.15) is 6.61 Å². The summed E-state index contributed by atoms with van der Waals surface area (Å²) in [6.07, 6.45) is 2.98. The van der Waals surface area contributed by atoms with E-state index >= 15 is 0 Å². The predicted octanol–water partition coefficient (Wildman–Crippen LogP) is 4.29. The second-order valence-corrected chi connectivity index (χ2v) is 6.70. The third kappa shape index (κ3) is 6.69. The highest BCUT2D eigenvalue weighted by molar-refractivity contribution is 9.10. The second kappa shape index (κ2) is 11.1. The molecule has 0 aliphatic carbocycles. The van der Waals surface area contributed by atoms with Crippen LogP contribution in [-0.4, -0.2) is 25.4 Å². The summed E-state index contributed by atoms with van der Waals surface area (Å²) in [6.45, 7) is 2.48. The van der Waals surface area contributed by atoms with Crippen LogP contribution < -0.4 is 14.8 Å². The molecule has 0 fully saturated rings. The van der Waals surface area contributed by atoms with Gasteiger partial charge in [-0.15, -0.1) is 0 Å². The summed E-state index contributed by atoms with van der Waals surface area (Å²) in [4.78, 5) is 0. The first kappa shape index (κ1) is 19.8. The molecule has 0 radical (unpaired) electrons. The summed E-state index contributed by atoms with van der Waals surface area (Å²) in [5.74, 6) is 1.44. The zero-order valence-corrected chi connectivity index (χ0v) is 16.2. The van der Waals surface area contributed by atoms with Crippen LogP contribution in [0.3, 0.4) is 0 Å². The molecule has 0 amide bonds. The minimum atomic E-state index is 0.272.